The van der Waals surface area contributed by atoms with Crippen molar-refractivity contribution in [2.45, 2.75) is 32.4 Å². The SMILES string of the molecule is Cc1cnc(OC2CCN(Cc3nc4ccncc4n3C)CC2)nc1. The number of likely N-dealkylation sites (tertiary alicyclic amines) is 1. The minimum absolute atomic E-state index is 0.184. The van der Waals surface area contributed by atoms with E-state index < -0.39 is 0 Å². The van der Waals surface area contributed by atoms with E-state index in [2.05, 4.69) is 31.5 Å². The first kappa shape index (κ1) is 16.0. The first-order valence-electron chi connectivity index (χ1n) is 8.62. The highest BCUT2D eigenvalue weighted by Gasteiger charge is 2.22. The van der Waals surface area contributed by atoms with E-state index in [0.29, 0.717) is 6.01 Å². The van der Waals surface area contributed by atoms with Gasteiger partial charge in [0.1, 0.15) is 11.9 Å². The van der Waals surface area contributed by atoms with E-state index in [1.807, 2.05) is 19.2 Å². The summed E-state index contributed by atoms with van der Waals surface area (Å²) >= 11 is 0. The molecule has 0 atom stereocenters. The Hall–Kier alpha value is -2.54. The van der Waals surface area contributed by atoms with E-state index >= 15 is 0 Å². The van der Waals surface area contributed by atoms with Gasteiger partial charge in [0.15, 0.2) is 0 Å². The van der Waals surface area contributed by atoms with Gasteiger partial charge in [0.05, 0.1) is 23.8 Å². The molecule has 0 bridgehead atoms. The molecule has 0 N–H and O–H groups in total. The Kier molecular flexibility index (Phi) is 4.31. The normalized spacial score (nSPS) is 16.4. The molecule has 0 saturated carbocycles. The van der Waals surface area contributed by atoms with Gasteiger partial charge in [0.2, 0.25) is 0 Å². The zero-order chi connectivity index (χ0) is 17.2. The van der Waals surface area contributed by atoms with E-state index in [0.717, 1.165) is 54.9 Å². The number of piperidine rings is 1. The van der Waals surface area contributed by atoms with Gasteiger partial charge in [-0.1, -0.05) is 0 Å². The molecule has 0 radical (unpaired) electrons. The van der Waals surface area contributed by atoms with Gasteiger partial charge in [0.25, 0.3) is 0 Å². The maximum absolute atomic E-state index is 5.90. The average molecular weight is 338 g/mol. The first-order valence-corrected chi connectivity index (χ1v) is 8.62. The lowest BCUT2D eigenvalue weighted by atomic mass is 10.1. The molecule has 0 aliphatic carbocycles. The topological polar surface area (TPSA) is 69.0 Å². The van der Waals surface area contributed by atoms with E-state index in [9.17, 15) is 0 Å². The lowest BCUT2D eigenvalue weighted by Gasteiger charge is -2.31. The van der Waals surface area contributed by atoms with Gasteiger partial charge in [-0.05, 0) is 31.4 Å². The molecule has 1 aliphatic rings. The zero-order valence-corrected chi connectivity index (χ0v) is 14.6. The third-order valence-corrected chi connectivity index (χ3v) is 4.70. The van der Waals surface area contributed by atoms with Crippen molar-refractivity contribution >= 4 is 11.0 Å². The van der Waals surface area contributed by atoms with Gasteiger partial charge in [-0.25, -0.2) is 15.0 Å². The molecule has 7 nitrogen and oxygen atoms in total. The standard InChI is InChI=1S/C18H22N6O/c1-13-9-20-18(21-10-13)25-14-4-7-24(8-5-14)12-17-22-15-3-6-19-11-16(15)23(17)2/h3,6,9-11,14H,4-5,7-8,12H2,1-2H3. The summed E-state index contributed by atoms with van der Waals surface area (Å²) in [7, 11) is 2.05. The second kappa shape index (κ2) is 6.76. The summed E-state index contributed by atoms with van der Waals surface area (Å²) in [6, 6.07) is 2.44. The Labute approximate surface area is 146 Å². The van der Waals surface area contributed by atoms with Crippen LogP contribution in [0.25, 0.3) is 11.0 Å². The van der Waals surface area contributed by atoms with Crippen molar-refractivity contribution in [1.82, 2.24) is 29.4 Å². The minimum atomic E-state index is 0.184. The Morgan fingerprint density at radius 1 is 1.16 bits per heavy atom. The Balaban J connectivity index is 1.35. The third kappa shape index (κ3) is 3.46. The maximum Gasteiger partial charge on any atom is 0.316 e. The summed E-state index contributed by atoms with van der Waals surface area (Å²) in [5.74, 6) is 1.07. The number of hydrogen-bond donors (Lipinski definition) is 0. The van der Waals surface area contributed by atoms with Gasteiger partial charge in [0, 0.05) is 38.7 Å². The number of ether oxygens (including phenoxy) is 1. The van der Waals surface area contributed by atoms with Crippen LogP contribution in [0.1, 0.15) is 24.2 Å². The van der Waals surface area contributed by atoms with E-state index in [4.69, 9.17) is 9.72 Å². The molecule has 1 aliphatic heterocycles. The minimum Gasteiger partial charge on any atom is -0.460 e. The van der Waals surface area contributed by atoms with Crippen molar-refractivity contribution < 1.29 is 4.74 Å². The number of pyridine rings is 1. The Bertz CT molecular complexity index is 852. The van der Waals surface area contributed by atoms with Crippen LogP contribution in [-0.4, -0.2) is 48.6 Å². The molecule has 1 fully saturated rings. The third-order valence-electron chi connectivity index (χ3n) is 4.70. The van der Waals surface area contributed by atoms with Gasteiger partial charge in [-0.15, -0.1) is 0 Å². The predicted octanol–water partition coefficient (Wildman–Crippen LogP) is 2.11. The lowest BCUT2D eigenvalue weighted by Crippen LogP contribution is -2.38. The van der Waals surface area contributed by atoms with Crippen LogP contribution in [0.2, 0.25) is 0 Å². The molecule has 3 aromatic rings. The molecule has 0 aromatic carbocycles. The van der Waals surface area contributed by atoms with Crippen molar-refractivity contribution in [2.75, 3.05) is 13.1 Å². The lowest BCUT2D eigenvalue weighted by molar-refractivity contribution is 0.0876. The van der Waals surface area contributed by atoms with E-state index in [1.165, 1.54) is 0 Å². The van der Waals surface area contributed by atoms with Crippen molar-refractivity contribution in [2.24, 2.45) is 7.05 Å². The number of hydrogen-bond acceptors (Lipinski definition) is 6. The fourth-order valence-corrected chi connectivity index (χ4v) is 3.20. The van der Waals surface area contributed by atoms with Crippen LogP contribution in [-0.2, 0) is 13.6 Å². The van der Waals surface area contributed by atoms with Gasteiger partial charge in [-0.2, -0.15) is 0 Å². The van der Waals surface area contributed by atoms with Crippen molar-refractivity contribution in [3.8, 4) is 6.01 Å². The highest BCUT2D eigenvalue weighted by Crippen LogP contribution is 2.19. The number of aryl methyl sites for hydroxylation is 2. The van der Waals surface area contributed by atoms with Crippen LogP contribution in [0.15, 0.2) is 30.9 Å². The second-order valence-electron chi connectivity index (χ2n) is 6.59. The van der Waals surface area contributed by atoms with E-state index in [1.54, 1.807) is 18.6 Å². The molecule has 0 unspecified atom stereocenters. The summed E-state index contributed by atoms with van der Waals surface area (Å²) < 4.78 is 8.03. The molecule has 3 aromatic heterocycles. The van der Waals surface area contributed by atoms with Crippen LogP contribution in [0.5, 0.6) is 6.01 Å². The molecule has 4 heterocycles. The number of aromatic nitrogens is 5. The average Bonchev–Trinajstić information content (AvgIpc) is 2.95. The number of rotatable bonds is 4. The molecule has 7 heteroatoms. The maximum atomic E-state index is 5.90. The van der Waals surface area contributed by atoms with Crippen LogP contribution in [0.3, 0.4) is 0 Å². The fourth-order valence-electron chi connectivity index (χ4n) is 3.20. The monoisotopic (exact) mass is 338 g/mol. The van der Waals surface area contributed by atoms with Gasteiger partial charge >= 0.3 is 6.01 Å². The van der Waals surface area contributed by atoms with Crippen molar-refractivity contribution in [3.63, 3.8) is 0 Å². The van der Waals surface area contributed by atoms with Crippen LogP contribution >= 0.6 is 0 Å². The molecular weight excluding hydrogens is 316 g/mol. The molecule has 25 heavy (non-hydrogen) atoms. The summed E-state index contributed by atoms with van der Waals surface area (Å²) in [5.41, 5.74) is 3.12. The predicted molar refractivity (Wildman–Crippen MR) is 94.2 cm³/mol. The molecular formula is C18H22N6O. The quantitative estimate of drug-likeness (QED) is 0.726. The fraction of sp³-hybridized carbons (Fsp3) is 0.444. The zero-order valence-electron chi connectivity index (χ0n) is 14.6. The highest BCUT2D eigenvalue weighted by molar-refractivity contribution is 5.74. The number of nitrogens with zero attached hydrogens (tertiary/aromatic N) is 6. The van der Waals surface area contributed by atoms with Crippen LogP contribution in [0, 0.1) is 6.92 Å². The van der Waals surface area contributed by atoms with Crippen LogP contribution in [0.4, 0.5) is 0 Å². The highest BCUT2D eigenvalue weighted by atomic mass is 16.5. The molecule has 0 spiro atoms. The molecule has 4 rings (SSSR count). The number of fused-ring (bicyclic) bond motifs is 1. The molecule has 0 amide bonds. The first-order chi connectivity index (χ1) is 12.2. The van der Waals surface area contributed by atoms with Crippen LogP contribution < -0.4 is 4.74 Å². The number of imidazole rings is 1. The summed E-state index contributed by atoms with van der Waals surface area (Å²) in [5, 5.41) is 0. The largest absolute Gasteiger partial charge is 0.460 e. The van der Waals surface area contributed by atoms with E-state index in [-0.39, 0.29) is 6.10 Å². The Morgan fingerprint density at radius 3 is 2.64 bits per heavy atom. The summed E-state index contributed by atoms with van der Waals surface area (Å²) in [6.07, 6.45) is 9.37. The second-order valence-corrected chi connectivity index (χ2v) is 6.59. The molecule has 130 valence electrons. The summed E-state index contributed by atoms with van der Waals surface area (Å²) in [6.45, 7) is 4.79. The molecule has 1 saturated heterocycles. The van der Waals surface area contributed by atoms with Crippen molar-refractivity contribution in [1.29, 1.82) is 0 Å². The van der Waals surface area contributed by atoms with Gasteiger partial charge < -0.3 is 9.30 Å². The smallest absolute Gasteiger partial charge is 0.316 e. The summed E-state index contributed by atoms with van der Waals surface area (Å²) in [4.78, 5) is 19.8. The van der Waals surface area contributed by atoms with Crippen molar-refractivity contribution in [3.05, 3.63) is 42.2 Å². The van der Waals surface area contributed by atoms with Gasteiger partial charge in [-0.3, -0.25) is 9.88 Å². The Morgan fingerprint density at radius 2 is 1.92 bits per heavy atom.